The van der Waals surface area contributed by atoms with E-state index in [1.807, 2.05) is 12.1 Å². The fraction of sp³-hybridized carbons (Fsp3) is 0.273. The molecule has 2 aliphatic carbocycles. The standard InChI is InChI=1S/C33H26FN3O6S2/c34-16-3-7-18(8-4-16)37-31(40)26-21-13-22(27(26)32(37)41)28-25(21)24(29-30(44-28)36-33(42)45-29)15-1-11-20(12-2-15)43-14-23(39)35-17-5-9-19(38)10-6-17/h1-12,21-22,24-28,38H,13-14H2,(H,35,39)(H,36,42)/t21-,22-,24+,25-,26+,27+,28-/m1/s1. The van der Waals surface area contributed by atoms with Crippen molar-refractivity contribution in [2.24, 2.45) is 29.6 Å². The number of phenols is 1. The molecular formula is C33H26FN3O6S2. The number of phenolic OH excluding ortho intramolecular Hbond substituents is 1. The molecule has 4 aromatic rings. The molecule has 0 radical (unpaired) electrons. The number of amides is 3. The first-order valence-corrected chi connectivity index (χ1v) is 16.3. The fourth-order valence-corrected chi connectivity index (χ4v) is 10.8. The van der Waals surface area contributed by atoms with Gasteiger partial charge >= 0.3 is 4.87 Å². The largest absolute Gasteiger partial charge is 0.508 e. The van der Waals surface area contributed by atoms with Crippen LogP contribution in [0.15, 0.2) is 82.6 Å². The molecule has 12 heteroatoms. The number of anilines is 2. The number of benzene rings is 3. The van der Waals surface area contributed by atoms with Crippen LogP contribution in [0.4, 0.5) is 15.8 Å². The summed E-state index contributed by atoms with van der Waals surface area (Å²) in [5.74, 6) is -1.70. The van der Waals surface area contributed by atoms with E-state index < -0.39 is 17.7 Å². The first-order valence-electron chi connectivity index (χ1n) is 14.6. The van der Waals surface area contributed by atoms with Gasteiger partial charge in [0.1, 0.15) is 17.3 Å². The molecule has 3 amide bonds. The van der Waals surface area contributed by atoms with E-state index in [2.05, 4.69) is 10.3 Å². The van der Waals surface area contributed by atoms with E-state index in [1.165, 1.54) is 52.6 Å². The lowest BCUT2D eigenvalue weighted by Crippen LogP contribution is -2.42. The minimum absolute atomic E-state index is 0.0225. The first-order chi connectivity index (χ1) is 21.8. The number of aromatic amines is 1. The summed E-state index contributed by atoms with van der Waals surface area (Å²) in [6, 6.07) is 19.1. The number of imide groups is 1. The molecule has 9 nitrogen and oxygen atoms in total. The van der Waals surface area contributed by atoms with E-state index >= 15 is 0 Å². The molecule has 3 aromatic carbocycles. The second kappa shape index (κ2) is 10.6. The van der Waals surface area contributed by atoms with Crippen molar-refractivity contribution in [2.75, 3.05) is 16.8 Å². The number of aromatic hydroxyl groups is 1. The maximum absolute atomic E-state index is 13.8. The number of thiazole rings is 1. The maximum atomic E-state index is 13.8. The predicted octanol–water partition coefficient (Wildman–Crippen LogP) is 4.98. The number of hydrogen-bond donors (Lipinski definition) is 3. The Balaban J connectivity index is 1.05. The summed E-state index contributed by atoms with van der Waals surface area (Å²) in [6.45, 7) is -0.206. The van der Waals surface area contributed by atoms with Crippen molar-refractivity contribution in [3.63, 3.8) is 0 Å². The number of halogens is 1. The van der Waals surface area contributed by atoms with Crippen LogP contribution >= 0.6 is 23.1 Å². The Kier molecular flexibility index (Phi) is 6.61. The van der Waals surface area contributed by atoms with Crippen LogP contribution in [0.25, 0.3) is 0 Å². The number of carbonyl (C=O) groups excluding carboxylic acids is 3. The van der Waals surface area contributed by atoms with E-state index in [0.29, 0.717) is 17.1 Å². The van der Waals surface area contributed by atoms with Gasteiger partial charge in [-0.25, -0.2) is 4.39 Å². The van der Waals surface area contributed by atoms with Gasteiger partial charge in [-0.05, 0) is 90.4 Å². The van der Waals surface area contributed by atoms with Crippen LogP contribution in [0, 0.1) is 35.4 Å². The van der Waals surface area contributed by atoms with Crippen LogP contribution in [-0.4, -0.2) is 39.7 Å². The number of rotatable bonds is 6. The molecule has 4 aliphatic rings. The number of ether oxygens (including phenoxy) is 1. The summed E-state index contributed by atoms with van der Waals surface area (Å²) in [6.07, 6.45) is 0.763. The van der Waals surface area contributed by atoms with Gasteiger partial charge < -0.3 is 20.1 Å². The Morgan fingerprint density at radius 3 is 2.36 bits per heavy atom. The Bertz CT molecular complexity index is 1890. The predicted molar refractivity (Wildman–Crippen MR) is 166 cm³/mol. The molecule has 2 aliphatic heterocycles. The molecular weight excluding hydrogens is 618 g/mol. The zero-order valence-electron chi connectivity index (χ0n) is 23.5. The van der Waals surface area contributed by atoms with Crippen molar-refractivity contribution < 1.29 is 28.6 Å². The van der Waals surface area contributed by atoms with Crippen LogP contribution in [0.5, 0.6) is 11.5 Å². The number of nitrogens with zero attached hydrogens (tertiary/aromatic N) is 1. The molecule has 1 aromatic heterocycles. The van der Waals surface area contributed by atoms with Gasteiger partial charge in [0.05, 0.1) is 22.5 Å². The van der Waals surface area contributed by atoms with Crippen LogP contribution in [0.1, 0.15) is 22.8 Å². The lowest BCUT2D eigenvalue weighted by atomic mass is 9.68. The number of H-pyrrole nitrogens is 1. The summed E-state index contributed by atoms with van der Waals surface area (Å²) >= 11 is 2.80. The topological polar surface area (TPSA) is 129 Å². The highest BCUT2D eigenvalue weighted by molar-refractivity contribution is 8.00. The van der Waals surface area contributed by atoms with E-state index in [1.54, 1.807) is 36.0 Å². The number of hydrogen-bond acceptors (Lipinski definition) is 8. The molecule has 2 bridgehead atoms. The molecule has 3 heterocycles. The highest BCUT2D eigenvalue weighted by Gasteiger charge is 2.69. The van der Waals surface area contributed by atoms with Crippen LogP contribution < -0.4 is 19.8 Å². The minimum atomic E-state index is -0.455. The van der Waals surface area contributed by atoms with Crippen LogP contribution in [0.2, 0.25) is 0 Å². The van der Waals surface area contributed by atoms with E-state index in [-0.39, 0.29) is 63.9 Å². The maximum Gasteiger partial charge on any atom is 0.305 e. The summed E-state index contributed by atoms with van der Waals surface area (Å²) in [4.78, 5) is 57.5. The van der Waals surface area contributed by atoms with Gasteiger partial charge in [0.2, 0.25) is 11.8 Å². The van der Waals surface area contributed by atoms with Gasteiger partial charge in [0.25, 0.3) is 5.91 Å². The van der Waals surface area contributed by atoms with Gasteiger partial charge in [0.15, 0.2) is 6.61 Å². The lowest BCUT2D eigenvalue weighted by molar-refractivity contribution is -0.123. The monoisotopic (exact) mass is 643 g/mol. The van der Waals surface area contributed by atoms with Gasteiger partial charge in [-0.2, -0.15) is 0 Å². The zero-order chi connectivity index (χ0) is 31.0. The van der Waals surface area contributed by atoms with Crippen molar-refractivity contribution in [2.45, 2.75) is 22.6 Å². The van der Waals surface area contributed by atoms with Crippen LogP contribution in [0.3, 0.4) is 0 Å². The van der Waals surface area contributed by atoms with Gasteiger partial charge in [0, 0.05) is 21.7 Å². The van der Waals surface area contributed by atoms with Crippen molar-refractivity contribution in [1.82, 2.24) is 4.98 Å². The molecule has 0 spiro atoms. The second-order valence-corrected chi connectivity index (χ2v) is 14.1. The number of thioether (sulfide) groups is 1. The average Bonchev–Trinajstić information content (AvgIpc) is 3.77. The van der Waals surface area contributed by atoms with Gasteiger partial charge in [-0.1, -0.05) is 23.5 Å². The molecule has 3 N–H and O–H groups in total. The minimum Gasteiger partial charge on any atom is -0.508 e. The highest BCUT2D eigenvalue weighted by atomic mass is 32.2. The zero-order valence-corrected chi connectivity index (χ0v) is 25.1. The number of nitrogens with one attached hydrogen (secondary N) is 2. The van der Waals surface area contributed by atoms with Gasteiger partial charge in [-0.3, -0.25) is 24.1 Å². The Morgan fingerprint density at radius 2 is 1.64 bits per heavy atom. The molecule has 0 unspecified atom stereocenters. The smallest absolute Gasteiger partial charge is 0.305 e. The number of fused-ring (bicyclic) bond motifs is 9. The van der Waals surface area contributed by atoms with Gasteiger partial charge in [-0.15, -0.1) is 11.8 Å². The Labute approximate surface area is 264 Å². The normalized spacial score (nSPS) is 27.7. The molecule has 2 saturated carbocycles. The molecule has 7 atom stereocenters. The molecule has 1 saturated heterocycles. The van der Waals surface area contributed by atoms with Crippen molar-refractivity contribution in [3.8, 4) is 11.5 Å². The Hall–Kier alpha value is -4.42. The Morgan fingerprint density at radius 1 is 0.956 bits per heavy atom. The number of carbonyl (C=O) groups is 3. The summed E-state index contributed by atoms with van der Waals surface area (Å²) in [5.41, 5.74) is 1.90. The first kappa shape index (κ1) is 28.1. The highest BCUT2D eigenvalue weighted by Crippen LogP contribution is 2.68. The third-order valence-corrected chi connectivity index (χ3v) is 12.2. The second-order valence-electron chi connectivity index (χ2n) is 11.9. The summed E-state index contributed by atoms with van der Waals surface area (Å²) < 4.78 is 19.3. The summed E-state index contributed by atoms with van der Waals surface area (Å²) in [7, 11) is 0. The van der Waals surface area contributed by atoms with Crippen molar-refractivity contribution >= 4 is 52.2 Å². The lowest BCUT2D eigenvalue weighted by Gasteiger charge is -2.43. The van der Waals surface area contributed by atoms with Crippen molar-refractivity contribution in [3.05, 3.63) is 98.7 Å². The molecule has 228 valence electrons. The number of aromatic nitrogens is 1. The van der Waals surface area contributed by atoms with E-state index in [9.17, 15) is 28.7 Å². The van der Waals surface area contributed by atoms with E-state index in [4.69, 9.17) is 4.74 Å². The van der Waals surface area contributed by atoms with Crippen LogP contribution in [-0.2, 0) is 14.4 Å². The quantitative estimate of drug-likeness (QED) is 0.200. The molecule has 3 fully saturated rings. The molecule has 45 heavy (non-hydrogen) atoms. The average molecular weight is 644 g/mol. The van der Waals surface area contributed by atoms with Crippen molar-refractivity contribution in [1.29, 1.82) is 0 Å². The fourth-order valence-electron chi connectivity index (χ4n) is 7.90. The third kappa shape index (κ3) is 4.57. The van der Waals surface area contributed by atoms with E-state index in [0.717, 1.165) is 21.9 Å². The SMILES string of the molecule is O=C(COc1ccc([C@@H]2c3sc(=O)[nH]c3S[C@@H]3[C@@H]4C[C@@H]([C@@H]5C(=O)N(c6ccc(F)cc6)C(=O)[C@@H]45)[C@H]23)cc1)Nc1ccc(O)cc1. The third-order valence-electron chi connectivity index (χ3n) is 9.57. The summed E-state index contributed by atoms with van der Waals surface area (Å²) in [5, 5.41) is 13.0. The molecule has 8 rings (SSSR count).